The van der Waals surface area contributed by atoms with Crippen molar-refractivity contribution < 1.29 is 4.42 Å². The van der Waals surface area contributed by atoms with E-state index >= 15 is 0 Å². The first-order valence-corrected chi connectivity index (χ1v) is 5.89. The van der Waals surface area contributed by atoms with Crippen LogP contribution in [0.1, 0.15) is 62.5 Å². The molecule has 0 amide bonds. The topological polar surface area (TPSA) is 13.1 Å². The molecule has 0 unspecified atom stereocenters. The fraction of sp³-hybridized carbons (Fsp3) is 0.692. The van der Waals surface area contributed by atoms with E-state index in [0.29, 0.717) is 5.92 Å². The predicted octanol–water partition coefficient (Wildman–Crippen LogP) is 4.06. The predicted molar refractivity (Wildman–Crippen MR) is 58.7 cm³/mol. The summed E-state index contributed by atoms with van der Waals surface area (Å²) in [6.45, 7) is 4.40. The van der Waals surface area contributed by atoms with Gasteiger partial charge >= 0.3 is 0 Å². The van der Waals surface area contributed by atoms with E-state index in [0.717, 1.165) is 6.42 Å². The molecule has 0 saturated carbocycles. The number of hydrogen-bond donors (Lipinski definition) is 0. The van der Waals surface area contributed by atoms with Crippen molar-refractivity contribution in [3.05, 3.63) is 23.2 Å². The van der Waals surface area contributed by atoms with Crippen LogP contribution in [0.25, 0.3) is 0 Å². The Hall–Kier alpha value is -0.720. The van der Waals surface area contributed by atoms with Crippen LogP contribution in [-0.4, -0.2) is 0 Å². The van der Waals surface area contributed by atoms with Crippen molar-refractivity contribution in [1.82, 2.24) is 0 Å². The Kier molecular flexibility index (Phi) is 2.95. The molecule has 0 aromatic carbocycles. The molecular formula is C13H20O. The number of aryl methyl sites for hydroxylation is 2. The van der Waals surface area contributed by atoms with Crippen molar-refractivity contribution in [3.63, 3.8) is 0 Å². The third-order valence-electron chi connectivity index (χ3n) is 3.08. The minimum atomic E-state index is 0.531. The highest BCUT2D eigenvalue weighted by Gasteiger charge is 2.14. The van der Waals surface area contributed by atoms with Gasteiger partial charge in [0.05, 0.1) is 0 Å². The zero-order valence-electron chi connectivity index (χ0n) is 9.31. The van der Waals surface area contributed by atoms with Gasteiger partial charge in [0.25, 0.3) is 0 Å². The molecule has 0 radical (unpaired) electrons. The van der Waals surface area contributed by atoms with Crippen molar-refractivity contribution in [3.8, 4) is 0 Å². The highest BCUT2D eigenvalue weighted by Crippen LogP contribution is 2.27. The van der Waals surface area contributed by atoms with E-state index in [-0.39, 0.29) is 0 Å². The molecule has 1 heterocycles. The largest absolute Gasteiger partial charge is 0.466 e. The van der Waals surface area contributed by atoms with Crippen LogP contribution in [0, 0.1) is 0 Å². The Morgan fingerprint density at radius 2 is 1.79 bits per heavy atom. The molecule has 0 spiro atoms. The normalized spacial score (nSPS) is 17.6. The smallest absolute Gasteiger partial charge is 0.107 e. The molecule has 78 valence electrons. The highest BCUT2D eigenvalue weighted by atomic mass is 16.3. The second-order valence-electron chi connectivity index (χ2n) is 4.67. The van der Waals surface area contributed by atoms with Gasteiger partial charge < -0.3 is 4.42 Å². The summed E-state index contributed by atoms with van der Waals surface area (Å²) in [4.78, 5) is 0. The molecule has 1 aliphatic rings. The summed E-state index contributed by atoms with van der Waals surface area (Å²) in [5.41, 5.74) is 1.48. The summed E-state index contributed by atoms with van der Waals surface area (Å²) >= 11 is 0. The zero-order chi connectivity index (χ0) is 9.97. The Morgan fingerprint density at radius 3 is 2.50 bits per heavy atom. The average molecular weight is 192 g/mol. The number of fused-ring (bicyclic) bond motifs is 1. The Balaban J connectivity index is 2.23. The van der Waals surface area contributed by atoms with Crippen LogP contribution < -0.4 is 0 Å². The van der Waals surface area contributed by atoms with Crippen LogP contribution in [0.3, 0.4) is 0 Å². The molecule has 1 nitrogen and oxygen atoms in total. The van der Waals surface area contributed by atoms with Crippen molar-refractivity contribution in [2.75, 3.05) is 0 Å². The second kappa shape index (κ2) is 4.20. The lowest BCUT2D eigenvalue weighted by molar-refractivity contribution is 0.431. The van der Waals surface area contributed by atoms with Gasteiger partial charge in [0.2, 0.25) is 0 Å². The van der Waals surface area contributed by atoms with E-state index in [1.165, 1.54) is 49.2 Å². The van der Waals surface area contributed by atoms with Crippen molar-refractivity contribution in [2.24, 2.45) is 0 Å². The fourth-order valence-electron chi connectivity index (χ4n) is 2.15. The van der Waals surface area contributed by atoms with E-state index in [9.17, 15) is 0 Å². The SMILES string of the molecule is CC(C)c1cc2c(o1)CCCCCC2. The Labute approximate surface area is 86.5 Å². The third-order valence-corrected chi connectivity index (χ3v) is 3.08. The summed E-state index contributed by atoms with van der Waals surface area (Å²) in [6, 6.07) is 2.28. The summed E-state index contributed by atoms with van der Waals surface area (Å²) in [5, 5.41) is 0. The maximum Gasteiger partial charge on any atom is 0.107 e. The maximum atomic E-state index is 5.90. The molecule has 0 saturated heterocycles. The molecule has 2 rings (SSSR count). The quantitative estimate of drug-likeness (QED) is 0.654. The van der Waals surface area contributed by atoms with Crippen molar-refractivity contribution in [1.29, 1.82) is 0 Å². The van der Waals surface area contributed by atoms with Crippen LogP contribution in [0.4, 0.5) is 0 Å². The van der Waals surface area contributed by atoms with Crippen LogP contribution in [0.2, 0.25) is 0 Å². The van der Waals surface area contributed by atoms with Crippen LogP contribution in [0.15, 0.2) is 10.5 Å². The van der Waals surface area contributed by atoms with Crippen LogP contribution >= 0.6 is 0 Å². The first-order valence-electron chi connectivity index (χ1n) is 5.89. The second-order valence-corrected chi connectivity index (χ2v) is 4.67. The molecule has 14 heavy (non-hydrogen) atoms. The fourth-order valence-corrected chi connectivity index (χ4v) is 2.15. The van der Waals surface area contributed by atoms with Gasteiger partial charge in [0.15, 0.2) is 0 Å². The van der Waals surface area contributed by atoms with E-state index in [2.05, 4.69) is 19.9 Å². The van der Waals surface area contributed by atoms with Gasteiger partial charge in [0, 0.05) is 12.3 Å². The molecule has 0 fully saturated rings. The first kappa shape index (κ1) is 9.82. The molecule has 1 aromatic heterocycles. The Morgan fingerprint density at radius 1 is 1.07 bits per heavy atom. The van der Waals surface area contributed by atoms with E-state index in [4.69, 9.17) is 4.42 Å². The lowest BCUT2D eigenvalue weighted by atomic mass is 9.99. The molecular weight excluding hydrogens is 172 g/mol. The lowest BCUT2D eigenvalue weighted by Gasteiger charge is -2.07. The van der Waals surface area contributed by atoms with Gasteiger partial charge in [-0.3, -0.25) is 0 Å². The standard InChI is InChI=1S/C13H20O/c1-10(2)13-9-11-7-5-3-4-6-8-12(11)14-13/h9-10H,3-8H2,1-2H3. The van der Waals surface area contributed by atoms with Crippen LogP contribution in [-0.2, 0) is 12.8 Å². The van der Waals surface area contributed by atoms with Gasteiger partial charge in [-0.05, 0) is 30.9 Å². The molecule has 0 aliphatic heterocycles. The van der Waals surface area contributed by atoms with E-state index < -0.39 is 0 Å². The summed E-state index contributed by atoms with van der Waals surface area (Å²) in [6.07, 6.45) is 7.79. The van der Waals surface area contributed by atoms with Gasteiger partial charge in [-0.1, -0.05) is 26.7 Å². The monoisotopic (exact) mass is 192 g/mol. The molecule has 0 bridgehead atoms. The molecule has 0 N–H and O–H groups in total. The highest BCUT2D eigenvalue weighted by molar-refractivity contribution is 5.24. The third kappa shape index (κ3) is 2.02. The maximum absolute atomic E-state index is 5.90. The van der Waals surface area contributed by atoms with Gasteiger partial charge in [0.1, 0.15) is 11.5 Å². The number of hydrogen-bond acceptors (Lipinski definition) is 1. The number of rotatable bonds is 1. The summed E-state index contributed by atoms with van der Waals surface area (Å²) in [7, 11) is 0. The summed E-state index contributed by atoms with van der Waals surface area (Å²) in [5.74, 6) is 2.98. The van der Waals surface area contributed by atoms with Gasteiger partial charge in [-0.15, -0.1) is 0 Å². The van der Waals surface area contributed by atoms with Crippen LogP contribution in [0.5, 0.6) is 0 Å². The van der Waals surface area contributed by atoms with Crippen molar-refractivity contribution >= 4 is 0 Å². The average Bonchev–Trinajstić information content (AvgIpc) is 2.48. The summed E-state index contributed by atoms with van der Waals surface area (Å²) < 4.78 is 5.90. The van der Waals surface area contributed by atoms with Crippen molar-refractivity contribution in [2.45, 2.75) is 58.3 Å². The zero-order valence-corrected chi connectivity index (χ0v) is 9.31. The molecule has 1 aliphatic carbocycles. The molecule has 1 heteroatoms. The van der Waals surface area contributed by atoms with E-state index in [1.54, 1.807) is 0 Å². The minimum Gasteiger partial charge on any atom is -0.466 e. The lowest BCUT2D eigenvalue weighted by Crippen LogP contribution is -1.95. The van der Waals surface area contributed by atoms with Gasteiger partial charge in [-0.2, -0.15) is 0 Å². The minimum absolute atomic E-state index is 0.531. The van der Waals surface area contributed by atoms with Gasteiger partial charge in [-0.25, -0.2) is 0 Å². The van der Waals surface area contributed by atoms with E-state index in [1.807, 2.05) is 0 Å². The number of furan rings is 1. The molecule has 0 atom stereocenters. The Bertz CT molecular complexity index is 271. The first-order chi connectivity index (χ1) is 6.77. The molecule has 1 aromatic rings.